The number of rotatable bonds is 6. The summed E-state index contributed by atoms with van der Waals surface area (Å²) in [5.41, 5.74) is 3.00. The minimum atomic E-state index is -0.414. The summed E-state index contributed by atoms with van der Waals surface area (Å²) in [4.78, 5) is 32.1. The number of piperidine rings is 1. The molecule has 6 heteroatoms. The van der Waals surface area contributed by atoms with E-state index in [4.69, 9.17) is 0 Å². The number of benzene rings is 3. The molecule has 1 amide bonds. The van der Waals surface area contributed by atoms with Gasteiger partial charge in [-0.2, -0.15) is 0 Å². The number of amides is 1. The van der Waals surface area contributed by atoms with Crippen LogP contribution in [0.1, 0.15) is 34.8 Å². The van der Waals surface area contributed by atoms with Crippen LogP contribution in [0.5, 0.6) is 5.75 Å². The van der Waals surface area contributed by atoms with Crippen molar-refractivity contribution in [1.82, 2.24) is 9.88 Å². The van der Waals surface area contributed by atoms with Crippen LogP contribution < -0.4 is 5.32 Å². The van der Waals surface area contributed by atoms with Gasteiger partial charge in [-0.25, -0.2) is 0 Å². The molecule has 4 aromatic rings. The Bertz CT molecular complexity index is 1310. The molecule has 2 heterocycles. The number of aromatic nitrogens is 1. The minimum Gasteiger partial charge on any atom is -0.506 e. The van der Waals surface area contributed by atoms with Crippen molar-refractivity contribution in [2.45, 2.75) is 18.9 Å². The van der Waals surface area contributed by atoms with Gasteiger partial charge < -0.3 is 15.4 Å². The van der Waals surface area contributed by atoms with E-state index in [0.29, 0.717) is 37.2 Å². The SMILES string of the molecule is O=C(Nc1ccccc1O)C1CCN([C@@H](C(=O)c2c[nH]c3ccccc23)c2ccccc2)CC1. The van der Waals surface area contributed by atoms with E-state index in [0.717, 1.165) is 16.5 Å². The minimum absolute atomic E-state index is 0.0563. The van der Waals surface area contributed by atoms with Gasteiger partial charge in [0.25, 0.3) is 0 Å². The van der Waals surface area contributed by atoms with E-state index in [1.807, 2.05) is 54.6 Å². The second-order valence-electron chi connectivity index (χ2n) is 8.74. The molecule has 0 bridgehead atoms. The summed E-state index contributed by atoms with van der Waals surface area (Å²) in [7, 11) is 0. The summed E-state index contributed by atoms with van der Waals surface area (Å²) in [5.74, 6) is -0.154. The number of fused-ring (bicyclic) bond motifs is 1. The van der Waals surface area contributed by atoms with Gasteiger partial charge in [0.2, 0.25) is 5.91 Å². The van der Waals surface area contributed by atoms with Gasteiger partial charge >= 0.3 is 0 Å². The molecule has 0 saturated carbocycles. The lowest BCUT2D eigenvalue weighted by Crippen LogP contribution is -2.42. The maximum absolute atomic E-state index is 13.8. The molecule has 1 fully saturated rings. The third-order valence-electron chi connectivity index (χ3n) is 6.65. The summed E-state index contributed by atoms with van der Waals surface area (Å²) in [6.07, 6.45) is 3.09. The van der Waals surface area contributed by atoms with Gasteiger partial charge in [-0.15, -0.1) is 0 Å². The second kappa shape index (κ2) is 9.53. The predicted molar refractivity (Wildman–Crippen MR) is 133 cm³/mol. The van der Waals surface area contributed by atoms with Crippen molar-refractivity contribution in [3.8, 4) is 5.75 Å². The number of phenols is 1. The van der Waals surface area contributed by atoms with Crippen LogP contribution in [0.3, 0.4) is 0 Å². The smallest absolute Gasteiger partial charge is 0.227 e. The van der Waals surface area contributed by atoms with Gasteiger partial charge in [-0.3, -0.25) is 14.5 Å². The number of anilines is 1. The van der Waals surface area contributed by atoms with E-state index in [2.05, 4.69) is 15.2 Å². The van der Waals surface area contributed by atoms with Gasteiger partial charge in [0, 0.05) is 28.6 Å². The summed E-state index contributed by atoms with van der Waals surface area (Å²) in [5, 5.41) is 13.7. The predicted octanol–water partition coefficient (Wildman–Crippen LogP) is 5.15. The number of aromatic amines is 1. The second-order valence-corrected chi connectivity index (χ2v) is 8.74. The van der Waals surface area contributed by atoms with Gasteiger partial charge in [0.05, 0.1) is 11.7 Å². The van der Waals surface area contributed by atoms with Crippen molar-refractivity contribution >= 4 is 28.3 Å². The summed E-state index contributed by atoms with van der Waals surface area (Å²) in [6, 6.07) is 24.0. The highest BCUT2D eigenvalue weighted by molar-refractivity contribution is 6.10. The molecule has 0 spiro atoms. The molecule has 1 aromatic heterocycles. The lowest BCUT2D eigenvalue weighted by molar-refractivity contribution is -0.121. The largest absolute Gasteiger partial charge is 0.506 e. The first kappa shape index (κ1) is 21.9. The normalized spacial score (nSPS) is 15.8. The quantitative estimate of drug-likeness (QED) is 0.278. The van der Waals surface area contributed by atoms with Gasteiger partial charge in [0.1, 0.15) is 5.75 Å². The maximum atomic E-state index is 13.8. The number of carbonyl (C=O) groups excluding carboxylic acids is 2. The lowest BCUT2D eigenvalue weighted by Gasteiger charge is -2.36. The first-order valence-electron chi connectivity index (χ1n) is 11.6. The number of nitrogens with one attached hydrogen (secondary N) is 2. The highest BCUT2D eigenvalue weighted by Crippen LogP contribution is 2.33. The van der Waals surface area contributed by atoms with Crippen LogP contribution >= 0.6 is 0 Å². The van der Waals surface area contributed by atoms with Crippen LogP contribution in [-0.2, 0) is 4.79 Å². The molecule has 1 saturated heterocycles. The third-order valence-corrected chi connectivity index (χ3v) is 6.65. The Morgan fingerprint density at radius 3 is 2.35 bits per heavy atom. The van der Waals surface area contributed by atoms with Crippen molar-refractivity contribution in [3.63, 3.8) is 0 Å². The van der Waals surface area contributed by atoms with E-state index in [-0.39, 0.29) is 23.4 Å². The molecule has 0 unspecified atom stereocenters. The average molecular weight is 454 g/mol. The zero-order valence-electron chi connectivity index (χ0n) is 18.8. The molecule has 172 valence electrons. The maximum Gasteiger partial charge on any atom is 0.227 e. The topological polar surface area (TPSA) is 85.4 Å². The molecule has 3 N–H and O–H groups in total. The number of nitrogens with zero attached hydrogens (tertiary/aromatic N) is 1. The Balaban J connectivity index is 1.35. The molecule has 0 radical (unpaired) electrons. The van der Waals surface area contributed by atoms with Crippen molar-refractivity contribution in [2.75, 3.05) is 18.4 Å². The van der Waals surface area contributed by atoms with Crippen LogP contribution in [0.25, 0.3) is 10.9 Å². The van der Waals surface area contributed by atoms with E-state index < -0.39 is 6.04 Å². The van der Waals surface area contributed by atoms with E-state index in [1.165, 1.54) is 0 Å². The van der Waals surface area contributed by atoms with Gasteiger partial charge in [-0.05, 0) is 49.7 Å². The molecular weight excluding hydrogens is 426 g/mol. The Morgan fingerprint density at radius 1 is 0.912 bits per heavy atom. The molecule has 6 nitrogen and oxygen atoms in total. The average Bonchev–Trinajstić information content (AvgIpc) is 3.31. The zero-order chi connectivity index (χ0) is 23.5. The van der Waals surface area contributed by atoms with Crippen molar-refractivity contribution in [3.05, 3.63) is 96.2 Å². The molecule has 0 aliphatic carbocycles. The molecule has 1 aliphatic heterocycles. The molecule has 1 atom stereocenters. The fourth-order valence-corrected chi connectivity index (χ4v) is 4.82. The number of hydrogen-bond donors (Lipinski definition) is 3. The van der Waals surface area contributed by atoms with Crippen LogP contribution in [-0.4, -0.2) is 39.8 Å². The standard InChI is InChI=1S/C28H27N3O3/c32-25-13-7-6-12-24(25)30-28(34)20-14-16-31(17-15-20)26(19-8-2-1-3-9-19)27(33)22-18-29-23-11-5-4-10-21(22)23/h1-13,18,20,26,29,32H,14-17H2,(H,30,34)/t26-/m1/s1. The third kappa shape index (κ3) is 4.32. The fourth-order valence-electron chi connectivity index (χ4n) is 4.82. The van der Waals surface area contributed by atoms with Crippen molar-refractivity contribution in [1.29, 1.82) is 0 Å². The van der Waals surface area contributed by atoms with E-state index in [1.54, 1.807) is 30.5 Å². The van der Waals surface area contributed by atoms with Crippen LogP contribution in [0.15, 0.2) is 85.1 Å². The number of likely N-dealkylation sites (tertiary alicyclic amines) is 1. The van der Waals surface area contributed by atoms with Crippen LogP contribution in [0, 0.1) is 5.92 Å². The Labute approximate surface area is 198 Å². The number of carbonyl (C=O) groups is 2. The Morgan fingerprint density at radius 2 is 1.59 bits per heavy atom. The Kier molecular flexibility index (Phi) is 6.14. The molecule has 3 aromatic carbocycles. The molecule has 5 rings (SSSR count). The fraction of sp³-hybridized carbons (Fsp3) is 0.214. The molecular formula is C28H27N3O3. The number of Topliss-reactive ketones (excluding diaryl/α,β-unsaturated/α-hetero) is 1. The number of H-pyrrole nitrogens is 1. The first-order valence-corrected chi connectivity index (χ1v) is 11.6. The number of ketones is 1. The van der Waals surface area contributed by atoms with E-state index >= 15 is 0 Å². The molecule has 1 aliphatic rings. The van der Waals surface area contributed by atoms with Crippen molar-refractivity contribution < 1.29 is 14.7 Å². The Hall–Kier alpha value is -3.90. The van der Waals surface area contributed by atoms with Gasteiger partial charge in [-0.1, -0.05) is 60.7 Å². The monoisotopic (exact) mass is 453 g/mol. The summed E-state index contributed by atoms with van der Waals surface area (Å²) >= 11 is 0. The van der Waals surface area contributed by atoms with Crippen molar-refractivity contribution in [2.24, 2.45) is 5.92 Å². The number of para-hydroxylation sites is 3. The van der Waals surface area contributed by atoms with Crippen LogP contribution in [0.4, 0.5) is 5.69 Å². The lowest BCUT2D eigenvalue weighted by atomic mass is 9.90. The first-order chi connectivity index (χ1) is 16.6. The highest BCUT2D eigenvalue weighted by Gasteiger charge is 2.34. The molecule has 34 heavy (non-hydrogen) atoms. The highest BCUT2D eigenvalue weighted by atomic mass is 16.3. The van der Waals surface area contributed by atoms with Crippen LogP contribution in [0.2, 0.25) is 0 Å². The number of hydrogen-bond acceptors (Lipinski definition) is 4. The zero-order valence-corrected chi connectivity index (χ0v) is 18.8. The number of aromatic hydroxyl groups is 1. The van der Waals surface area contributed by atoms with Gasteiger partial charge in [0.15, 0.2) is 5.78 Å². The summed E-state index contributed by atoms with van der Waals surface area (Å²) < 4.78 is 0. The van der Waals surface area contributed by atoms with E-state index in [9.17, 15) is 14.7 Å². The number of phenolic OH excluding ortho intramolecular Hbond substituents is 1. The summed E-state index contributed by atoms with van der Waals surface area (Å²) in [6.45, 7) is 1.26.